The van der Waals surface area contributed by atoms with Crippen LogP contribution in [0.4, 0.5) is 0 Å². The average molecular weight is 456 g/mol. The van der Waals surface area contributed by atoms with Gasteiger partial charge >= 0.3 is 0 Å². The van der Waals surface area contributed by atoms with Crippen molar-refractivity contribution in [1.82, 2.24) is 4.90 Å². The zero-order chi connectivity index (χ0) is 19.6. The number of carbonyl (C=O) groups is 1. The SMILES string of the molecule is Cc1cccc(OCC(=O)N(Cc2ccc(Br)o2)C2CCS(=O)(=O)C2)c1C. The Morgan fingerprint density at radius 2 is 2.07 bits per heavy atom. The van der Waals surface area contributed by atoms with E-state index in [0.717, 1.165) is 11.1 Å². The van der Waals surface area contributed by atoms with Crippen molar-refractivity contribution in [2.45, 2.75) is 32.9 Å². The number of benzene rings is 1. The minimum absolute atomic E-state index is 0.0237. The minimum atomic E-state index is -3.12. The molecule has 1 aliphatic rings. The second-order valence-electron chi connectivity index (χ2n) is 6.77. The van der Waals surface area contributed by atoms with Crippen molar-refractivity contribution in [3.63, 3.8) is 0 Å². The van der Waals surface area contributed by atoms with Gasteiger partial charge in [0.15, 0.2) is 21.1 Å². The number of aryl methyl sites for hydroxylation is 1. The lowest BCUT2D eigenvalue weighted by Gasteiger charge is -2.27. The monoisotopic (exact) mass is 455 g/mol. The minimum Gasteiger partial charge on any atom is -0.483 e. The summed E-state index contributed by atoms with van der Waals surface area (Å²) >= 11 is 3.25. The highest BCUT2D eigenvalue weighted by atomic mass is 79.9. The van der Waals surface area contributed by atoms with Gasteiger partial charge in [0.25, 0.3) is 5.91 Å². The smallest absolute Gasteiger partial charge is 0.261 e. The molecule has 1 saturated heterocycles. The summed E-state index contributed by atoms with van der Waals surface area (Å²) in [6, 6.07) is 8.82. The molecule has 1 aromatic carbocycles. The van der Waals surface area contributed by atoms with Crippen LogP contribution >= 0.6 is 15.9 Å². The summed E-state index contributed by atoms with van der Waals surface area (Å²) in [6.07, 6.45) is 0.430. The molecule has 0 spiro atoms. The van der Waals surface area contributed by atoms with Crippen molar-refractivity contribution < 1.29 is 22.4 Å². The first-order valence-electron chi connectivity index (χ1n) is 8.68. The lowest BCUT2D eigenvalue weighted by Crippen LogP contribution is -2.43. The lowest BCUT2D eigenvalue weighted by atomic mass is 10.1. The second kappa shape index (κ2) is 8.06. The Bertz CT molecular complexity index is 937. The fourth-order valence-electron chi connectivity index (χ4n) is 3.15. The summed E-state index contributed by atoms with van der Waals surface area (Å²) in [5, 5.41) is 0. The molecule has 1 unspecified atom stereocenters. The Morgan fingerprint density at radius 3 is 2.70 bits per heavy atom. The van der Waals surface area contributed by atoms with Gasteiger partial charge < -0.3 is 14.1 Å². The average Bonchev–Trinajstić information content (AvgIpc) is 3.18. The predicted octanol–water partition coefficient (Wildman–Crippen LogP) is 3.25. The van der Waals surface area contributed by atoms with Gasteiger partial charge in [-0.25, -0.2) is 8.42 Å². The number of carbonyl (C=O) groups excluding carboxylic acids is 1. The van der Waals surface area contributed by atoms with Crippen molar-refractivity contribution in [2.24, 2.45) is 0 Å². The predicted molar refractivity (Wildman–Crippen MR) is 105 cm³/mol. The standard InChI is InChI=1S/C19H22BrNO5S/c1-13-4-3-5-17(14(13)2)25-11-19(22)21(10-16-6-7-18(20)26-16)15-8-9-27(23,24)12-15/h3-7,15H,8-12H2,1-2H3. The first-order chi connectivity index (χ1) is 12.7. The summed E-state index contributed by atoms with van der Waals surface area (Å²) < 4.78 is 35.6. The summed E-state index contributed by atoms with van der Waals surface area (Å²) in [5.41, 5.74) is 2.06. The molecule has 0 bridgehead atoms. The van der Waals surface area contributed by atoms with Crippen LogP contribution in [0.1, 0.15) is 23.3 Å². The van der Waals surface area contributed by atoms with Crippen LogP contribution in [-0.4, -0.2) is 43.4 Å². The highest BCUT2D eigenvalue weighted by Gasteiger charge is 2.35. The third-order valence-electron chi connectivity index (χ3n) is 4.83. The van der Waals surface area contributed by atoms with Gasteiger partial charge in [-0.15, -0.1) is 0 Å². The van der Waals surface area contributed by atoms with Crippen molar-refractivity contribution >= 4 is 31.7 Å². The highest BCUT2D eigenvalue weighted by Crippen LogP contribution is 2.24. The van der Waals surface area contributed by atoms with Gasteiger partial charge in [-0.1, -0.05) is 12.1 Å². The summed E-state index contributed by atoms with van der Waals surface area (Å²) in [7, 11) is -3.12. The number of halogens is 1. The molecule has 0 radical (unpaired) electrons. The van der Waals surface area contributed by atoms with Gasteiger partial charge in [-0.3, -0.25) is 4.79 Å². The Hall–Kier alpha value is -1.80. The van der Waals surface area contributed by atoms with E-state index >= 15 is 0 Å². The van der Waals surface area contributed by atoms with E-state index in [4.69, 9.17) is 9.15 Å². The molecule has 1 atom stereocenters. The molecule has 3 rings (SSSR count). The number of amides is 1. The van der Waals surface area contributed by atoms with Crippen LogP contribution in [0, 0.1) is 13.8 Å². The van der Waals surface area contributed by atoms with Crippen molar-refractivity contribution in [1.29, 1.82) is 0 Å². The van der Waals surface area contributed by atoms with Crippen LogP contribution in [0.25, 0.3) is 0 Å². The first kappa shape index (κ1) is 19.9. The normalized spacial score (nSPS) is 18.4. The molecule has 1 aliphatic heterocycles. The molecule has 27 heavy (non-hydrogen) atoms. The number of ether oxygens (including phenoxy) is 1. The molecule has 1 amide bonds. The Balaban J connectivity index is 1.74. The number of rotatable bonds is 6. The van der Waals surface area contributed by atoms with Crippen LogP contribution in [0.5, 0.6) is 5.75 Å². The van der Waals surface area contributed by atoms with E-state index in [2.05, 4.69) is 15.9 Å². The summed E-state index contributed by atoms with van der Waals surface area (Å²) in [6.45, 7) is 3.98. The van der Waals surface area contributed by atoms with E-state index in [0.29, 0.717) is 22.6 Å². The van der Waals surface area contributed by atoms with E-state index < -0.39 is 9.84 Å². The van der Waals surface area contributed by atoms with E-state index in [9.17, 15) is 13.2 Å². The van der Waals surface area contributed by atoms with Gasteiger partial charge in [0.05, 0.1) is 18.1 Å². The van der Waals surface area contributed by atoms with Crippen molar-refractivity contribution in [2.75, 3.05) is 18.1 Å². The molecule has 8 heteroatoms. The highest BCUT2D eigenvalue weighted by molar-refractivity contribution is 9.10. The van der Waals surface area contributed by atoms with Crippen LogP contribution in [0.2, 0.25) is 0 Å². The van der Waals surface area contributed by atoms with Crippen LogP contribution in [-0.2, 0) is 21.2 Å². The molecule has 1 aromatic heterocycles. The number of nitrogens with zero attached hydrogens (tertiary/aromatic N) is 1. The molecule has 2 heterocycles. The van der Waals surface area contributed by atoms with Crippen LogP contribution in [0.3, 0.4) is 0 Å². The van der Waals surface area contributed by atoms with E-state index in [1.807, 2.05) is 32.0 Å². The Morgan fingerprint density at radius 1 is 1.30 bits per heavy atom. The van der Waals surface area contributed by atoms with Crippen LogP contribution < -0.4 is 4.74 Å². The Kier molecular flexibility index (Phi) is 5.95. The maximum Gasteiger partial charge on any atom is 0.261 e. The first-order valence-corrected chi connectivity index (χ1v) is 11.3. The summed E-state index contributed by atoms with van der Waals surface area (Å²) in [4.78, 5) is 14.4. The number of hydrogen-bond donors (Lipinski definition) is 0. The molecule has 0 saturated carbocycles. The number of sulfone groups is 1. The second-order valence-corrected chi connectivity index (χ2v) is 9.78. The molecule has 0 N–H and O–H groups in total. The van der Waals surface area contributed by atoms with Gasteiger partial charge in [-0.05, 0) is 65.5 Å². The van der Waals surface area contributed by atoms with Gasteiger partial charge in [0, 0.05) is 6.04 Å². The van der Waals surface area contributed by atoms with Crippen LogP contribution in [0.15, 0.2) is 39.4 Å². The Labute approximate surface area is 167 Å². The molecular formula is C19H22BrNO5S. The molecule has 1 fully saturated rings. The summed E-state index contributed by atoms with van der Waals surface area (Å²) in [5.74, 6) is 1.06. The quantitative estimate of drug-likeness (QED) is 0.667. The molecular weight excluding hydrogens is 434 g/mol. The third-order valence-corrected chi connectivity index (χ3v) is 7.01. The van der Waals surface area contributed by atoms with Gasteiger partial charge in [0.1, 0.15) is 11.5 Å². The largest absolute Gasteiger partial charge is 0.483 e. The third kappa shape index (κ3) is 4.93. The zero-order valence-corrected chi connectivity index (χ0v) is 17.7. The van der Waals surface area contributed by atoms with Gasteiger partial charge in [-0.2, -0.15) is 0 Å². The maximum absolute atomic E-state index is 12.9. The molecule has 2 aromatic rings. The number of furan rings is 1. The van der Waals surface area contributed by atoms with E-state index in [1.165, 1.54) is 0 Å². The van der Waals surface area contributed by atoms with Crippen molar-refractivity contribution in [3.05, 3.63) is 51.9 Å². The fourth-order valence-corrected chi connectivity index (χ4v) is 5.22. The number of hydrogen-bond acceptors (Lipinski definition) is 5. The fraction of sp³-hybridized carbons (Fsp3) is 0.421. The topological polar surface area (TPSA) is 76.8 Å². The lowest BCUT2D eigenvalue weighted by molar-refractivity contribution is -0.136. The van der Waals surface area contributed by atoms with Crippen molar-refractivity contribution in [3.8, 4) is 5.75 Å². The van der Waals surface area contributed by atoms with E-state index in [1.54, 1.807) is 17.0 Å². The maximum atomic E-state index is 12.9. The van der Waals surface area contributed by atoms with Gasteiger partial charge in [0.2, 0.25) is 0 Å². The zero-order valence-electron chi connectivity index (χ0n) is 15.3. The van der Waals surface area contributed by atoms with E-state index in [-0.39, 0.29) is 36.6 Å². The molecule has 0 aliphatic carbocycles. The molecule has 146 valence electrons. The molecule has 6 nitrogen and oxygen atoms in total.